The number of hydrazine groups is 1. The molecule has 0 fully saturated rings. The Bertz CT molecular complexity index is 962. The second-order valence-corrected chi connectivity index (χ2v) is 6.58. The fraction of sp³-hybridized carbons (Fsp3) is 0.0952. The summed E-state index contributed by atoms with van der Waals surface area (Å²) in [6.45, 7) is 2.04. The highest BCUT2D eigenvalue weighted by molar-refractivity contribution is 6.33. The summed E-state index contributed by atoms with van der Waals surface area (Å²) >= 11 is 6.23. The minimum Gasteiger partial charge on any atom is -0.467 e. The van der Waals surface area contributed by atoms with Crippen LogP contribution in [0.1, 0.15) is 33.3 Å². The van der Waals surface area contributed by atoms with Gasteiger partial charge in [-0.2, -0.15) is 0 Å². The summed E-state index contributed by atoms with van der Waals surface area (Å²) < 4.78 is 5.56. The monoisotopic (exact) mass is 364 g/mol. The van der Waals surface area contributed by atoms with Crippen LogP contribution in [0.5, 0.6) is 0 Å². The van der Waals surface area contributed by atoms with Crippen LogP contribution in [0, 0.1) is 6.92 Å². The lowest BCUT2D eigenvalue weighted by atomic mass is 10.1. The van der Waals surface area contributed by atoms with Gasteiger partial charge in [0.25, 0.3) is 5.91 Å². The van der Waals surface area contributed by atoms with Crippen molar-refractivity contribution in [2.45, 2.75) is 13.0 Å². The number of aryl methyl sites for hydroxylation is 1. The molecule has 0 aliphatic carbocycles. The molecular weight excluding hydrogens is 348 g/mol. The third-order valence-corrected chi connectivity index (χ3v) is 4.69. The fourth-order valence-corrected chi connectivity index (χ4v) is 3.19. The SMILES string of the molecule is Cc1ccc(C2=CC(c3ccco3)N(C(=O)c3ccccc3Cl)N2)cc1. The van der Waals surface area contributed by atoms with Crippen molar-refractivity contribution < 1.29 is 9.21 Å². The van der Waals surface area contributed by atoms with Gasteiger partial charge in [0.05, 0.1) is 22.5 Å². The third-order valence-electron chi connectivity index (χ3n) is 4.36. The molecule has 4 nitrogen and oxygen atoms in total. The minimum absolute atomic E-state index is 0.213. The highest BCUT2D eigenvalue weighted by Gasteiger charge is 2.33. The Labute approximate surface area is 156 Å². The van der Waals surface area contributed by atoms with Gasteiger partial charge in [-0.05, 0) is 42.8 Å². The highest BCUT2D eigenvalue weighted by atomic mass is 35.5. The van der Waals surface area contributed by atoms with Crippen molar-refractivity contribution in [1.29, 1.82) is 0 Å². The number of carbonyl (C=O) groups is 1. The molecule has 4 rings (SSSR count). The first kappa shape index (κ1) is 16.5. The second kappa shape index (κ2) is 6.73. The van der Waals surface area contributed by atoms with Crippen LogP contribution in [0.15, 0.2) is 77.4 Å². The molecule has 2 aromatic carbocycles. The van der Waals surface area contributed by atoms with Gasteiger partial charge in [0.2, 0.25) is 0 Å². The normalized spacial score (nSPS) is 16.3. The van der Waals surface area contributed by atoms with Crippen molar-refractivity contribution >= 4 is 23.2 Å². The molecule has 1 amide bonds. The number of rotatable bonds is 3. The predicted octanol–water partition coefficient (Wildman–Crippen LogP) is 4.98. The lowest BCUT2D eigenvalue weighted by Gasteiger charge is -2.24. The molecule has 26 heavy (non-hydrogen) atoms. The maximum atomic E-state index is 13.1. The van der Waals surface area contributed by atoms with Crippen molar-refractivity contribution in [2.75, 3.05) is 0 Å². The lowest BCUT2D eigenvalue weighted by molar-refractivity contribution is 0.0655. The van der Waals surface area contributed by atoms with Crippen LogP contribution in [0.3, 0.4) is 0 Å². The molecule has 0 saturated carbocycles. The molecule has 1 unspecified atom stereocenters. The molecular formula is C21H17ClN2O2. The van der Waals surface area contributed by atoms with E-state index in [-0.39, 0.29) is 11.9 Å². The van der Waals surface area contributed by atoms with Gasteiger partial charge in [0.1, 0.15) is 11.8 Å². The van der Waals surface area contributed by atoms with Gasteiger partial charge in [-0.1, -0.05) is 53.6 Å². The molecule has 1 aliphatic heterocycles. The van der Waals surface area contributed by atoms with E-state index in [1.54, 1.807) is 35.5 Å². The van der Waals surface area contributed by atoms with Crippen LogP contribution < -0.4 is 5.43 Å². The Morgan fingerprint density at radius 2 is 1.85 bits per heavy atom. The molecule has 130 valence electrons. The molecule has 3 aromatic rings. The van der Waals surface area contributed by atoms with E-state index in [9.17, 15) is 4.79 Å². The van der Waals surface area contributed by atoms with E-state index in [2.05, 4.69) is 5.43 Å². The van der Waals surface area contributed by atoms with Crippen LogP contribution in [0.25, 0.3) is 5.70 Å². The summed E-state index contributed by atoms with van der Waals surface area (Å²) in [5.74, 6) is 0.468. The molecule has 2 heterocycles. The van der Waals surface area contributed by atoms with Crippen molar-refractivity contribution in [3.63, 3.8) is 0 Å². The molecule has 1 aromatic heterocycles. The zero-order valence-corrected chi connectivity index (χ0v) is 14.9. The molecule has 1 aliphatic rings. The van der Waals surface area contributed by atoms with E-state index >= 15 is 0 Å². The number of nitrogens with zero attached hydrogens (tertiary/aromatic N) is 1. The van der Waals surface area contributed by atoms with Gasteiger partial charge in [-0.25, -0.2) is 5.01 Å². The fourth-order valence-electron chi connectivity index (χ4n) is 2.97. The smallest absolute Gasteiger partial charge is 0.274 e. The van der Waals surface area contributed by atoms with E-state index in [4.69, 9.17) is 16.0 Å². The number of carbonyl (C=O) groups excluding carboxylic acids is 1. The zero-order chi connectivity index (χ0) is 18.1. The summed E-state index contributed by atoms with van der Waals surface area (Å²) in [6, 6.07) is 18.5. The van der Waals surface area contributed by atoms with E-state index in [1.807, 2.05) is 49.4 Å². The lowest BCUT2D eigenvalue weighted by Crippen LogP contribution is -2.39. The summed E-state index contributed by atoms with van der Waals surface area (Å²) in [5.41, 5.74) is 6.69. The standard InChI is InChI=1S/C21H17ClN2O2/c1-14-8-10-15(11-9-14)18-13-19(20-7-4-12-26-20)24(23-18)21(25)16-5-2-3-6-17(16)22/h2-13,19,23H,1H3. The Morgan fingerprint density at radius 3 is 2.54 bits per heavy atom. The first-order chi connectivity index (χ1) is 12.6. The summed E-state index contributed by atoms with van der Waals surface area (Å²) in [4.78, 5) is 13.1. The van der Waals surface area contributed by atoms with Crippen molar-refractivity contribution in [3.05, 3.63) is 100 Å². The van der Waals surface area contributed by atoms with Crippen LogP contribution in [0.4, 0.5) is 0 Å². The Kier molecular flexibility index (Phi) is 4.27. The molecule has 5 heteroatoms. The number of halogens is 1. The van der Waals surface area contributed by atoms with Crippen LogP contribution in [-0.4, -0.2) is 10.9 Å². The number of amides is 1. The maximum absolute atomic E-state index is 13.1. The molecule has 1 atom stereocenters. The van der Waals surface area contributed by atoms with E-state index < -0.39 is 0 Å². The third kappa shape index (κ3) is 3.00. The topological polar surface area (TPSA) is 45.5 Å². The largest absolute Gasteiger partial charge is 0.467 e. The summed E-state index contributed by atoms with van der Waals surface area (Å²) in [5, 5.41) is 1.97. The van der Waals surface area contributed by atoms with Gasteiger partial charge < -0.3 is 4.42 Å². The van der Waals surface area contributed by atoms with Gasteiger partial charge >= 0.3 is 0 Å². The van der Waals surface area contributed by atoms with Crippen molar-refractivity contribution in [2.24, 2.45) is 0 Å². The minimum atomic E-state index is -0.356. The first-order valence-electron chi connectivity index (χ1n) is 8.30. The van der Waals surface area contributed by atoms with Crippen molar-refractivity contribution in [3.8, 4) is 0 Å². The molecule has 1 N–H and O–H groups in total. The highest BCUT2D eigenvalue weighted by Crippen LogP contribution is 2.33. The number of furan rings is 1. The van der Waals surface area contributed by atoms with E-state index in [0.717, 1.165) is 11.3 Å². The molecule has 0 spiro atoms. The number of hydrogen-bond acceptors (Lipinski definition) is 3. The van der Waals surface area contributed by atoms with Crippen LogP contribution in [-0.2, 0) is 0 Å². The quantitative estimate of drug-likeness (QED) is 0.712. The van der Waals surface area contributed by atoms with Crippen LogP contribution >= 0.6 is 11.6 Å². The Morgan fingerprint density at radius 1 is 1.08 bits per heavy atom. The Balaban J connectivity index is 1.71. The van der Waals surface area contributed by atoms with Gasteiger partial charge in [0, 0.05) is 0 Å². The number of nitrogens with one attached hydrogen (secondary N) is 1. The second-order valence-electron chi connectivity index (χ2n) is 6.17. The van der Waals surface area contributed by atoms with Gasteiger partial charge in [-0.3, -0.25) is 10.2 Å². The van der Waals surface area contributed by atoms with Crippen LogP contribution in [0.2, 0.25) is 5.02 Å². The van der Waals surface area contributed by atoms with E-state index in [0.29, 0.717) is 16.3 Å². The number of hydrogen-bond donors (Lipinski definition) is 1. The predicted molar refractivity (Wildman–Crippen MR) is 101 cm³/mol. The maximum Gasteiger partial charge on any atom is 0.274 e. The summed E-state index contributed by atoms with van der Waals surface area (Å²) in [7, 11) is 0. The molecule has 0 saturated heterocycles. The van der Waals surface area contributed by atoms with Gasteiger partial charge in [-0.15, -0.1) is 0 Å². The van der Waals surface area contributed by atoms with E-state index in [1.165, 1.54) is 5.56 Å². The molecule has 0 radical (unpaired) electrons. The Hall–Kier alpha value is -2.98. The summed E-state index contributed by atoms with van der Waals surface area (Å²) in [6.07, 6.45) is 3.59. The average molecular weight is 365 g/mol. The average Bonchev–Trinajstić information content (AvgIpc) is 3.32. The number of benzene rings is 2. The van der Waals surface area contributed by atoms with Gasteiger partial charge in [0.15, 0.2) is 0 Å². The zero-order valence-electron chi connectivity index (χ0n) is 14.1. The molecule has 0 bridgehead atoms. The van der Waals surface area contributed by atoms with Crippen molar-refractivity contribution in [1.82, 2.24) is 10.4 Å². The first-order valence-corrected chi connectivity index (χ1v) is 8.68.